The molecular formula is C23H47. The summed E-state index contributed by atoms with van der Waals surface area (Å²) in [4.78, 5) is 0. The summed E-state index contributed by atoms with van der Waals surface area (Å²) in [5, 5.41) is 0. The van der Waals surface area contributed by atoms with Gasteiger partial charge in [-0.05, 0) is 18.3 Å². The van der Waals surface area contributed by atoms with E-state index in [-0.39, 0.29) is 0 Å². The third-order valence-corrected chi connectivity index (χ3v) is 5.22. The first kappa shape index (κ1) is 23.0. The van der Waals surface area contributed by atoms with Gasteiger partial charge in [0.25, 0.3) is 0 Å². The van der Waals surface area contributed by atoms with Crippen molar-refractivity contribution in [1.82, 2.24) is 0 Å². The fourth-order valence-corrected chi connectivity index (χ4v) is 3.63. The lowest BCUT2D eigenvalue weighted by Crippen LogP contribution is -2.08. The third-order valence-electron chi connectivity index (χ3n) is 5.22. The summed E-state index contributed by atoms with van der Waals surface area (Å²) >= 11 is 0. The zero-order chi connectivity index (χ0) is 17.2. The molecule has 0 rings (SSSR count). The first-order valence-electron chi connectivity index (χ1n) is 11.1. The van der Waals surface area contributed by atoms with Crippen LogP contribution in [0.4, 0.5) is 0 Å². The summed E-state index contributed by atoms with van der Waals surface area (Å²) in [7, 11) is 0. The molecule has 0 aromatic heterocycles. The molecule has 0 aliphatic carbocycles. The lowest BCUT2D eigenvalue weighted by Gasteiger charge is -2.21. The van der Waals surface area contributed by atoms with Crippen LogP contribution >= 0.6 is 0 Å². The van der Waals surface area contributed by atoms with Crippen molar-refractivity contribution < 1.29 is 0 Å². The van der Waals surface area contributed by atoms with E-state index in [9.17, 15) is 0 Å². The molecule has 0 aromatic carbocycles. The number of hydrogen-bond acceptors (Lipinski definition) is 0. The largest absolute Gasteiger partial charge is 0.0654 e. The van der Waals surface area contributed by atoms with Crippen molar-refractivity contribution in [1.29, 1.82) is 0 Å². The highest BCUT2D eigenvalue weighted by atomic mass is 14.2. The summed E-state index contributed by atoms with van der Waals surface area (Å²) in [6.45, 7) is 9.39. The lowest BCUT2D eigenvalue weighted by molar-refractivity contribution is 0.398. The SMILES string of the molecule is CCCCCCCC([CH]C(C)CCCCCC)CCCCCC. The average molecular weight is 324 g/mol. The molecule has 0 aromatic rings. The molecule has 0 heterocycles. The quantitative estimate of drug-likeness (QED) is 0.221. The van der Waals surface area contributed by atoms with Crippen molar-refractivity contribution >= 4 is 0 Å². The second-order valence-electron chi connectivity index (χ2n) is 7.83. The zero-order valence-electron chi connectivity index (χ0n) is 17.0. The second kappa shape index (κ2) is 18.3. The Morgan fingerprint density at radius 3 is 1.39 bits per heavy atom. The Kier molecular flexibility index (Phi) is 18.3. The van der Waals surface area contributed by atoms with Gasteiger partial charge in [0.05, 0.1) is 0 Å². The van der Waals surface area contributed by atoms with Crippen molar-refractivity contribution in [2.45, 2.75) is 130 Å². The first-order chi connectivity index (χ1) is 11.2. The molecule has 0 heteroatoms. The van der Waals surface area contributed by atoms with Gasteiger partial charge in [-0.2, -0.15) is 0 Å². The predicted molar refractivity (Wildman–Crippen MR) is 108 cm³/mol. The molecule has 0 saturated carbocycles. The van der Waals surface area contributed by atoms with E-state index in [1.165, 1.54) is 103 Å². The van der Waals surface area contributed by atoms with Gasteiger partial charge in [-0.1, -0.05) is 130 Å². The van der Waals surface area contributed by atoms with E-state index in [4.69, 9.17) is 0 Å². The van der Waals surface area contributed by atoms with Crippen LogP contribution in [0.2, 0.25) is 0 Å². The predicted octanol–water partition coefficient (Wildman–Crippen LogP) is 8.74. The number of rotatable bonds is 18. The monoisotopic (exact) mass is 323 g/mol. The lowest BCUT2D eigenvalue weighted by atomic mass is 9.85. The average Bonchev–Trinajstić information content (AvgIpc) is 2.55. The van der Waals surface area contributed by atoms with Gasteiger partial charge in [-0.25, -0.2) is 0 Å². The Morgan fingerprint density at radius 2 is 0.913 bits per heavy atom. The van der Waals surface area contributed by atoms with Gasteiger partial charge in [-0.3, -0.25) is 0 Å². The van der Waals surface area contributed by atoms with E-state index < -0.39 is 0 Å². The Bertz CT molecular complexity index is 208. The van der Waals surface area contributed by atoms with Gasteiger partial charge in [0.15, 0.2) is 0 Å². The summed E-state index contributed by atoms with van der Waals surface area (Å²) < 4.78 is 0. The second-order valence-corrected chi connectivity index (χ2v) is 7.83. The van der Waals surface area contributed by atoms with Crippen LogP contribution in [0.5, 0.6) is 0 Å². The maximum atomic E-state index is 2.73. The molecule has 23 heavy (non-hydrogen) atoms. The minimum absolute atomic E-state index is 0.832. The number of hydrogen-bond donors (Lipinski definition) is 0. The first-order valence-corrected chi connectivity index (χ1v) is 11.1. The van der Waals surface area contributed by atoms with Crippen LogP contribution in [0, 0.1) is 18.3 Å². The molecule has 0 saturated heterocycles. The molecule has 0 N–H and O–H groups in total. The van der Waals surface area contributed by atoms with Crippen molar-refractivity contribution in [3.8, 4) is 0 Å². The highest BCUT2D eigenvalue weighted by Gasteiger charge is 2.13. The maximum absolute atomic E-state index is 2.73. The highest BCUT2D eigenvalue weighted by molar-refractivity contribution is 4.81. The minimum Gasteiger partial charge on any atom is -0.0654 e. The molecule has 0 spiro atoms. The summed E-state index contributed by atoms with van der Waals surface area (Å²) in [5.74, 6) is 1.73. The van der Waals surface area contributed by atoms with E-state index in [1.54, 1.807) is 0 Å². The molecule has 0 bridgehead atoms. The summed E-state index contributed by atoms with van der Waals surface area (Å²) in [5.41, 5.74) is 0. The van der Waals surface area contributed by atoms with Crippen LogP contribution in [-0.2, 0) is 0 Å². The van der Waals surface area contributed by atoms with Gasteiger partial charge in [-0.15, -0.1) is 0 Å². The van der Waals surface area contributed by atoms with E-state index >= 15 is 0 Å². The van der Waals surface area contributed by atoms with Crippen molar-refractivity contribution in [2.24, 2.45) is 11.8 Å². The molecule has 2 unspecified atom stereocenters. The van der Waals surface area contributed by atoms with Crippen molar-refractivity contribution in [3.05, 3.63) is 6.42 Å². The van der Waals surface area contributed by atoms with Gasteiger partial charge < -0.3 is 0 Å². The van der Waals surface area contributed by atoms with Crippen LogP contribution in [-0.4, -0.2) is 0 Å². The van der Waals surface area contributed by atoms with Crippen LogP contribution in [0.1, 0.15) is 130 Å². The molecular weight excluding hydrogens is 276 g/mol. The molecule has 0 amide bonds. The Hall–Kier alpha value is 0. The maximum Gasteiger partial charge on any atom is -0.0326 e. The van der Waals surface area contributed by atoms with E-state index in [0.717, 1.165) is 11.8 Å². The summed E-state index contributed by atoms with van der Waals surface area (Å²) in [6, 6.07) is 0. The Morgan fingerprint density at radius 1 is 0.522 bits per heavy atom. The zero-order valence-corrected chi connectivity index (χ0v) is 17.0. The smallest absolute Gasteiger partial charge is 0.0326 e. The normalized spacial score (nSPS) is 14.1. The molecule has 0 aliphatic heterocycles. The molecule has 0 nitrogen and oxygen atoms in total. The van der Waals surface area contributed by atoms with Crippen LogP contribution < -0.4 is 0 Å². The highest BCUT2D eigenvalue weighted by Crippen LogP contribution is 2.26. The van der Waals surface area contributed by atoms with Gasteiger partial charge in [0, 0.05) is 0 Å². The van der Waals surface area contributed by atoms with Gasteiger partial charge in [0.1, 0.15) is 0 Å². The van der Waals surface area contributed by atoms with Gasteiger partial charge in [0.2, 0.25) is 0 Å². The fourth-order valence-electron chi connectivity index (χ4n) is 3.63. The fraction of sp³-hybridized carbons (Fsp3) is 0.957. The third kappa shape index (κ3) is 16.6. The molecule has 0 aliphatic rings. The van der Waals surface area contributed by atoms with Gasteiger partial charge >= 0.3 is 0 Å². The molecule has 0 fully saturated rings. The Balaban J connectivity index is 3.92. The van der Waals surface area contributed by atoms with Crippen LogP contribution in [0.15, 0.2) is 0 Å². The summed E-state index contributed by atoms with van der Waals surface area (Å²) in [6.07, 6.45) is 25.5. The standard InChI is InChI=1S/C23H47/c1-5-8-11-14-17-20-23(19-16-13-10-7-3)21-22(4)18-15-12-9-6-2/h21-23H,5-20H2,1-4H3. The van der Waals surface area contributed by atoms with Crippen molar-refractivity contribution in [2.75, 3.05) is 0 Å². The topological polar surface area (TPSA) is 0 Å². The molecule has 2 atom stereocenters. The molecule has 139 valence electrons. The van der Waals surface area contributed by atoms with Crippen molar-refractivity contribution in [3.63, 3.8) is 0 Å². The van der Waals surface area contributed by atoms with Crippen LogP contribution in [0.3, 0.4) is 0 Å². The molecule has 1 radical (unpaired) electrons. The van der Waals surface area contributed by atoms with Crippen LogP contribution in [0.25, 0.3) is 0 Å². The van der Waals surface area contributed by atoms with E-state index in [1.807, 2.05) is 0 Å². The number of unbranched alkanes of at least 4 members (excludes halogenated alkanes) is 10. The van der Waals surface area contributed by atoms with E-state index in [2.05, 4.69) is 34.1 Å². The van der Waals surface area contributed by atoms with E-state index in [0.29, 0.717) is 0 Å². The minimum atomic E-state index is 0.832. The Labute approximate surface area is 149 Å².